The highest BCUT2D eigenvalue weighted by Gasteiger charge is 2.38. The van der Waals surface area contributed by atoms with Crippen molar-refractivity contribution < 1.29 is 29.4 Å². The molecule has 0 radical (unpaired) electrons. The molecule has 11 nitrogen and oxygen atoms in total. The van der Waals surface area contributed by atoms with Crippen molar-refractivity contribution in [3.05, 3.63) is 65.9 Å². The van der Waals surface area contributed by atoms with Gasteiger partial charge in [0, 0.05) is 30.1 Å². The molecule has 3 amide bonds. The van der Waals surface area contributed by atoms with Crippen LogP contribution in [-0.4, -0.2) is 74.5 Å². The minimum absolute atomic E-state index is 0.00290. The Bertz CT molecular complexity index is 1420. The summed E-state index contributed by atoms with van der Waals surface area (Å²) in [5.74, 6) is -2.56. The SMILES string of the molecule is CC(C)CC(NC(=O)C1CCCN1C(=O)C(N)Cc1c[nH]c2ccccc12)C(=O)NC(Cc1ccc(O)cc1)C(=O)O. The van der Waals surface area contributed by atoms with Crippen molar-refractivity contribution in [1.29, 1.82) is 0 Å². The molecule has 1 aliphatic heterocycles. The maximum absolute atomic E-state index is 13.4. The van der Waals surface area contributed by atoms with Crippen LogP contribution in [0.3, 0.4) is 0 Å². The topological polar surface area (TPSA) is 178 Å². The zero-order valence-electron chi connectivity index (χ0n) is 23.9. The molecule has 1 fully saturated rings. The van der Waals surface area contributed by atoms with Gasteiger partial charge in [-0.3, -0.25) is 14.4 Å². The number of benzene rings is 2. The lowest BCUT2D eigenvalue weighted by atomic mass is 10.0. The molecule has 4 rings (SSSR count). The number of fused-ring (bicyclic) bond motifs is 1. The minimum Gasteiger partial charge on any atom is -0.508 e. The summed E-state index contributed by atoms with van der Waals surface area (Å²) in [6.45, 7) is 4.17. The summed E-state index contributed by atoms with van der Waals surface area (Å²) in [5.41, 5.74) is 8.83. The standard InChI is InChI=1S/C31H39N5O6/c1-18(2)14-25(28(38)35-26(31(41)42)15-19-9-11-21(37)12-10-19)34-29(39)27-8-5-13-36(27)30(40)23(32)16-20-17-33-24-7-4-3-6-22(20)24/h3-4,6-7,9-12,17-18,23,25-27,33,37H,5,8,13-16,32H2,1-2H3,(H,34,39)(H,35,38)(H,41,42). The number of para-hydroxylation sites is 1. The van der Waals surface area contributed by atoms with Gasteiger partial charge in [-0.15, -0.1) is 0 Å². The fourth-order valence-electron chi connectivity index (χ4n) is 5.45. The van der Waals surface area contributed by atoms with E-state index < -0.39 is 42.0 Å². The number of likely N-dealkylation sites (tertiary alicyclic amines) is 1. The summed E-state index contributed by atoms with van der Waals surface area (Å²) in [7, 11) is 0. The number of phenols is 1. The molecule has 4 unspecified atom stereocenters. The number of aromatic nitrogens is 1. The van der Waals surface area contributed by atoms with Crippen molar-refractivity contribution in [2.24, 2.45) is 11.7 Å². The second-order valence-electron chi connectivity index (χ2n) is 11.3. The molecule has 7 N–H and O–H groups in total. The molecule has 4 atom stereocenters. The molecule has 0 bridgehead atoms. The van der Waals surface area contributed by atoms with E-state index in [1.807, 2.05) is 44.3 Å². The molecule has 42 heavy (non-hydrogen) atoms. The fourth-order valence-corrected chi connectivity index (χ4v) is 5.45. The quantitative estimate of drug-likeness (QED) is 0.191. The molecule has 2 aromatic carbocycles. The monoisotopic (exact) mass is 577 g/mol. The molecule has 0 aliphatic carbocycles. The summed E-state index contributed by atoms with van der Waals surface area (Å²) < 4.78 is 0. The second kappa shape index (κ2) is 13.5. The van der Waals surface area contributed by atoms with Gasteiger partial charge in [0.1, 0.15) is 23.9 Å². The van der Waals surface area contributed by atoms with E-state index in [4.69, 9.17) is 5.73 Å². The molecule has 1 aliphatic rings. The van der Waals surface area contributed by atoms with Gasteiger partial charge in [-0.25, -0.2) is 4.79 Å². The van der Waals surface area contributed by atoms with Gasteiger partial charge in [0.25, 0.3) is 0 Å². The molecule has 224 valence electrons. The zero-order valence-corrected chi connectivity index (χ0v) is 23.9. The van der Waals surface area contributed by atoms with Crippen molar-refractivity contribution in [3.8, 4) is 5.75 Å². The number of hydrogen-bond acceptors (Lipinski definition) is 6. The normalized spacial score (nSPS) is 17.1. The van der Waals surface area contributed by atoms with Crippen LogP contribution < -0.4 is 16.4 Å². The van der Waals surface area contributed by atoms with Crippen molar-refractivity contribution in [2.75, 3.05) is 6.54 Å². The number of carbonyl (C=O) groups excluding carboxylic acids is 3. The molecule has 2 heterocycles. The predicted molar refractivity (Wildman–Crippen MR) is 157 cm³/mol. The smallest absolute Gasteiger partial charge is 0.326 e. The number of hydrogen-bond donors (Lipinski definition) is 6. The van der Waals surface area contributed by atoms with E-state index in [2.05, 4.69) is 15.6 Å². The Labute approximate surface area is 244 Å². The lowest BCUT2D eigenvalue weighted by molar-refractivity contribution is -0.143. The van der Waals surface area contributed by atoms with E-state index in [1.165, 1.54) is 17.0 Å². The Kier molecular flexibility index (Phi) is 9.84. The number of carboxylic acid groups (broad SMARTS) is 1. The first-order chi connectivity index (χ1) is 20.0. The molecule has 1 saturated heterocycles. The number of amides is 3. The Hall–Kier alpha value is -4.38. The number of nitrogens with one attached hydrogen (secondary N) is 3. The number of aromatic amines is 1. The first kappa shape index (κ1) is 30.6. The van der Waals surface area contributed by atoms with Gasteiger partial charge in [-0.05, 0) is 60.9 Å². The van der Waals surface area contributed by atoms with Crippen LogP contribution in [0.15, 0.2) is 54.7 Å². The molecule has 0 saturated carbocycles. The Balaban J connectivity index is 1.41. The van der Waals surface area contributed by atoms with Crippen LogP contribution in [0.4, 0.5) is 0 Å². The first-order valence-electron chi connectivity index (χ1n) is 14.3. The Morgan fingerprint density at radius 3 is 2.43 bits per heavy atom. The third-order valence-corrected chi connectivity index (χ3v) is 7.60. The highest BCUT2D eigenvalue weighted by atomic mass is 16.4. The van der Waals surface area contributed by atoms with Crippen molar-refractivity contribution >= 4 is 34.6 Å². The van der Waals surface area contributed by atoms with Gasteiger partial charge < -0.3 is 36.5 Å². The summed E-state index contributed by atoms with van der Waals surface area (Å²) in [6.07, 6.45) is 3.49. The van der Waals surface area contributed by atoms with E-state index >= 15 is 0 Å². The van der Waals surface area contributed by atoms with E-state index in [1.54, 1.807) is 12.1 Å². The molecule has 0 spiro atoms. The highest BCUT2D eigenvalue weighted by molar-refractivity contribution is 5.94. The van der Waals surface area contributed by atoms with Gasteiger partial charge in [-0.1, -0.05) is 44.2 Å². The van der Waals surface area contributed by atoms with E-state index in [0.29, 0.717) is 31.4 Å². The van der Waals surface area contributed by atoms with Gasteiger partial charge >= 0.3 is 5.97 Å². The van der Waals surface area contributed by atoms with Crippen LogP contribution in [0.25, 0.3) is 10.9 Å². The van der Waals surface area contributed by atoms with Crippen LogP contribution in [0, 0.1) is 5.92 Å². The maximum Gasteiger partial charge on any atom is 0.326 e. The van der Waals surface area contributed by atoms with Crippen LogP contribution in [0.5, 0.6) is 5.75 Å². The average Bonchev–Trinajstić information content (AvgIpc) is 3.60. The van der Waals surface area contributed by atoms with E-state index in [0.717, 1.165) is 16.5 Å². The number of nitrogens with zero attached hydrogens (tertiary/aromatic N) is 1. The van der Waals surface area contributed by atoms with Gasteiger partial charge in [0.15, 0.2) is 0 Å². The fraction of sp³-hybridized carbons (Fsp3) is 0.419. The summed E-state index contributed by atoms with van der Waals surface area (Å²) in [5, 5.41) is 25.6. The van der Waals surface area contributed by atoms with Gasteiger partial charge in [0.05, 0.1) is 6.04 Å². The maximum atomic E-state index is 13.4. The molecule has 1 aromatic heterocycles. The van der Waals surface area contributed by atoms with E-state index in [-0.39, 0.29) is 30.4 Å². The molecular weight excluding hydrogens is 538 g/mol. The summed E-state index contributed by atoms with van der Waals surface area (Å²) in [4.78, 5) is 56.7. The largest absolute Gasteiger partial charge is 0.508 e. The predicted octanol–water partition coefficient (Wildman–Crippen LogP) is 2.08. The average molecular weight is 578 g/mol. The van der Waals surface area contributed by atoms with Gasteiger partial charge in [-0.2, -0.15) is 0 Å². The van der Waals surface area contributed by atoms with Crippen LogP contribution in [0.2, 0.25) is 0 Å². The van der Waals surface area contributed by atoms with Crippen molar-refractivity contribution in [1.82, 2.24) is 20.5 Å². The molecule has 3 aromatic rings. The Morgan fingerprint density at radius 1 is 1.02 bits per heavy atom. The van der Waals surface area contributed by atoms with Crippen LogP contribution in [0.1, 0.15) is 44.2 Å². The Morgan fingerprint density at radius 2 is 1.74 bits per heavy atom. The van der Waals surface area contributed by atoms with Crippen molar-refractivity contribution in [2.45, 2.75) is 70.1 Å². The number of phenolic OH excluding ortho intramolecular Hbond substituents is 1. The number of nitrogens with two attached hydrogens (primary N) is 1. The number of aliphatic carboxylic acids is 1. The number of H-pyrrole nitrogens is 1. The first-order valence-corrected chi connectivity index (χ1v) is 14.3. The third-order valence-electron chi connectivity index (χ3n) is 7.60. The van der Waals surface area contributed by atoms with E-state index in [9.17, 15) is 29.4 Å². The number of rotatable bonds is 12. The third kappa shape index (κ3) is 7.47. The van der Waals surface area contributed by atoms with Crippen molar-refractivity contribution in [3.63, 3.8) is 0 Å². The van der Waals surface area contributed by atoms with Crippen LogP contribution >= 0.6 is 0 Å². The lowest BCUT2D eigenvalue weighted by Crippen LogP contribution is -2.57. The zero-order chi connectivity index (χ0) is 30.4. The number of carboxylic acids is 1. The van der Waals surface area contributed by atoms with Gasteiger partial charge in [0.2, 0.25) is 17.7 Å². The summed E-state index contributed by atoms with van der Waals surface area (Å²) in [6, 6.07) is 9.96. The van der Waals surface area contributed by atoms with Crippen LogP contribution in [-0.2, 0) is 32.0 Å². The second-order valence-corrected chi connectivity index (χ2v) is 11.3. The number of carbonyl (C=O) groups is 4. The molecular formula is C31H39N5O6. The number of aromatic hydroxyl groups is 1. The highest BCUT2D eigenvalue weighted by Crippen LogP contribution is 2.23. The lowest BCUT2D eigenvalue weighted by Gasteiger charge is -2.29. The summed E-state index contributed by atoms with van der Waals surface area (Å²) >= 11 is 0. The minimum atomic E-state index is -1.24. The molecule has 11 heteroatoms.